The molecule has 0 aliphatic carbocycles. The molecule has 1 unspecified atom stereocenters. The molecule has 1 fully saturated rings. The molecule has 0 saturated carbocycles. The summed E-state index contributed by atoms with van der Waals surface area (Å²) in [7, 11) is -3.14. The van der Waals surface area contributed by atoms with Gasteiger partial charge in [0.05, 0.1) is 5.75 Å². The molecule has 1 aliphatic rings. The molecule has 122 valence electrons. The number of rotatable bonds is 6. The largest absolute Gasteiger partial charge is 0.342 e. The molecule has 0 bridgehead atoms. The molecule has 0 aromatic rings. The average Bonchev–Trinajstić information content (AvgIpc) is 2.52. The highest BCUT2D eigenvalue weighted by Crippen LogP contribution is 2.24. The zero-order valence-corrected chi connectivity index (χ0v) is 14.1. The van der Waals surface area contributed by atoms with Crippen molar-refractivity contribution in [2.75, 3.05) is 18.1 Å². The Morgan fingerprint density at radius 3 is 2.29 bits per heavy atom. The Hall–Kier alpha value is -1.11. The lowest BCUT2D eigenvalue weighted by Crippen LogP contribution is -2.57. The summed E-state index contributed by atoms with van der Waals surface area (Å²) in [6.07, 6.45) is 1.20. The van der Waals surface area contributed by atoms with E-state index in [1.165, 1.54) is 0 Å². The van der Waals surface area contributed by atoms with Crippen LogP contribution in [-0.4, -0.2) is 54.8 Å². The molecular formula is C14H26N2O4S. The molecule has 0 spiro atoms. The highest BCUT2D eigenvalue weighted by atomic mass is 32.2. The number of carbonyl (C=O) groups excluding carboxylic acids is 2. The van der Waals surface area contributed by atoms with E-state index in [-0.39, 0.29) is 42.3 Å². The maximum absolute atomic E-state index is 12.8. The Bertz CT molecular complexity index is 497. The van der Waals surface area contributed by atoms with Crippen LogP contribution in [0.1, 0.15) is 47.0 Å². The molecule has 2 amide bonds. The Labute approximate surface area is 127 Å². The van der Waals surface area contributed by atoms with Gasteiger partial charge in [0.2, 0.25) is 11.8 Å². The van der Waals surface area contributed by atoms with Crippen LogP contribution in [0.15, 0.2) is 0 Å². The first-order valence-electron chi connectivity index (χ1n) is 7.53. The monoisotopic (exact) mass is 318 g/mol. The van der Waals surface area contributed by atoms with E-state index in [1.807, 2.05) is 13.8 Å². The van der Waals surface area contributed by atoms with Crippen LogP contribution in [0, 0.1) is 0 Å². The highest BCUT2D eigenvalue weighted by molar-refractivity contribution is 7.91. The van der Waals surface area contributed by atoms with Crippen molar-refractivity contribution >= 4 is 21.7 Å². The number of nitrogens with zero attached hydrogens (tertiary/aromatic N) is 1. The fourth-order valence-corrected chi connectivity index (χ4v) is 3.42. The van der Waals surface area contributed by atoms with Gasteiger partial charge in [-0.2, -0.15) is 0 Å². The molecule has 0 aromatic heterocycles. The zero-order chi connectivity index (χ0) is 16.3. The van der Waals surface area contributed by atoms with Crippen molar-refractivity contribution in [3.05, 3.63) is 0 Å². The van der Waals surface area contributed by atoms with E-state index in [0.29, 0.717) is 12.8 Å². The topological polar surface area (TPSA) is 83.6 Å². The van der Waals surface area contributed by atoms with Crippen LogP contribution in [0.5, 0.6) is 0 Å². The fraction of sp³-hybridized carbons (Fsp3) is 0.857. The van der Waals surface area contributed by atoms with E-state index in [2.05, 4.69) is 5.32 Å². The second-order valence-corrected chi connectivity index (χ2v) is 8.10. The standard InChI is InChI=1S/C14H26N2O4S/c1-5-14(6-2)13(18)16(8-9-21(19,20)7-3)11(4)10-12(17)15-14/h11H,5-10H2,1-4H3,(H,15,17). The molecule has 1 N–H and O–H groups in total. The van der Waals surface area contributed by atoms with Gasteiger partial charge in [0.25, 0.3) is 0 Å². The molecule has 7 heteroatoms. The Balaban J connectivity index is 3.04. The fourth-order valence-electron chi connectivity index (χ4n) is 2.66. The summed E-state index contributed by atoms with van der Waals surface area (Å²) < 4.78 is 23.4. The smallest absolute Gasteiger partial charge is 0.248 e. The summed E-state index contributed by atoms with van der Waals surface area (Å²) in [5.74, 6) is -0.317. The van der Waals surface area contributed by atoms with Gasteiger partial charge < -0.3 is 10.2 Å². The van der Waals surface area contributed by atoms with E-state index in [4.69, 9.17) is 0 Å². The van der Waals surface area contributed by atoms with Crippen LogP contribution >= 0.6 is 0 Å². The van der Waals surface area contributed by atoms with Crippen molar-refractivity contribution in [2.45, 2.75) is 58.5 Å². The van der Waals surface area contributed by atoms with Gasteiger partial charge in [-0.15, -0.1) is 0 Å². The van der Waals surface area contributed by atoms with Crippen molar-refractivity contribution in [3.8, 4) is 0 Å². The van der Waals surface area contributed by atoms with Crippen LogP contribution in [0.2, 0.25) is 0 Å². The van der Waals surface area contributed by atoms with E-state index in [0.717, 1.165) is 0 Å². The second kappa shape index (κ2) is 6.77. The molecule has 6 nitrogen and oxygen atoms in total. The number of carbonyl (C=O) groups is 2. The third-order valence-corrected chi connectivity index (χ3v) is 6.04. The summed E-state index contributed by atoms with van der Waals surface area (Å²) in [4.78, 5) is 26.3. The minimum absolute atomic E-state index is 0.0583. The van der Waals surface area contributed by atoms with Gasteiger partial charge in [-0.05, 0) is 19.8 Å². The molecule has 1 heterocycles. The average molecular weight is 318 g/mol. The van der Waals surface area contributed by atoms with Gasteiger partial charge in [-0.1, -0.05) is 20.8 Å². The minimum atomic E-state index is -3.14. The van der Waals surface area contributed by atoms with E-state index in [9.17, 15) is 18.0 Å². The van der Waals surface area contributed by atoms with E-state index >= 15 is 0 Å². The van der Waals surface area contributed by atoms with E-state index < -0.39 is 15.4 Å². The van der Waals surface area contributed by atoms with Gasteiger partial charge in [-0.3, -0.25) is 9.59 Å². The predicted octanol–water partition coefficient (Wildman–Crippen LogP) is 0.717. The number of hydrogen-bond acceptors (Lipinski definition) is 4. The summed E-state index contributed by atoms with van der Waals surface area (Å²) in [6, 6.07) is -0.287. The molecule has 0 aromatic carbocycles. The molecule has 1 rings (SSSR count). The summed E-state index contributed by atoms with van der Waals surface area (Å²) in [5.41, 5.74) is -0.905. The molecular weight excluding hydrogens is 292 g/mol. The molecule has 0 radical (unpaired) electrons. The first kappa shape index (κ1) is 17.9. The van der Waals surface area contributed by atoms with Gasteiger partial charge in [0, 0.05) is 24.8 Å². The minimum Gasteiger partial charge on any atom is -0.342 e. The summed E-state index contributed by atoms with van der Waals surface area (Å²) in [5, 5.41) is 2.83. The SMILES string of the molecule is CCC1(CC)NC(=O)CC(C)N(CCS(=O)(=O)CC)C1=O. The summed E-state index contributed by atoms with van der Waals surface area (Å²) >= 11 is 0. The molecule has 1 aliphatic heterocycles. The van der Waals surface area contributed by atoms with Crippen molar-refractivity contribution in [1.29, 1.82) is 0 Å². The van der Waals surface area contributed by atoms with Gasteiger partial charge in [0.1, 0.15) is 5.54 Å². The van der Waals surface area contributed by atoms with Gasteiger partial charge >= 0.3 is 0 Å². The predicted molar refractivity (Wildman–Crippen MR) is 81.6 cm³/mol. The maximum atomic E-state index is 12.8. The van der Waals surface area contributed by atoms with Crippen LogP contribution in [-0.2, 0) is 19.4 Å². The lowest BCUT2D eigenvalue weighted by Gasteiger charge is -2.35. The summed E-state index contributed by atoms with van der Waals surface area (Å²) in [6.45, 7) is 7.25. The lowest BCUT2D eigenvalue weighted by molar-refractivity contribution is -0.140. The maximum Gasteiger partial charge on any atom is 0.248 e. The van der Waals surface area contributed by atoms with Crippen molar-refractivity contribution in [3.63, 3.8) is 0 Å². The Morgan fingerprint density at radius 2 is 1.81 bits per heavy atom. The lowest BCUT2D eigenvalue weighted by atomic mass is 9.91. The first-order chi connectivity index (χ1) is 9.71. The zero-order valence-electron chi connectivity index (χ0n) is 13.3. The normalized spacial score (nSPS) is 22.9. The van der Waals surface area contributed by atoms with Crippen molar-refractivity contribution in [2.24, 2.45) is 0 Å². The highest BCUT2D eigenvalue weighted by Gasteiger charge is 2.44. The first-order valence-corrected chi connectivity index (χ1v) is 9.36. The third kappa shape index (κ3) is 3.96. The molecule has 21 heavy (non-hydrogen) atoms. The van der Waals surface area contributed by atoms with Crippen LogP contribution in [0.25, 0.3) is 0 Å². The van der Waals surface area contributed by atoms with Gasteiger partial charge in [-0.25, -0.2) is 8.42 Å². The van der Waals surface area contributed by atoms with Crippen LogP contribution in [0.3, 0.4) is 0 Å². The number of nitrogens with one attached hydrogen (secondary N) is 1. The van der Waals surface area contributed by atoms with Crippen molar-refractivity contribution < 1.29 is 18.0 Å². The molecule has 1 saturated heterocycles. The van der Waals surface area contributed by atoms with Crippen LogP contribution in [0.4, 0.5) is 0 Å². The number of hydrogen-bond donors (Lipinski definition) is 1. The van der Waals surface area contributed by atoms with Crippen LogP contribution < -0.4 is 5.32 Å². The third-order valence-electron chi connectivity index (χ3n) is 4.35. The Kier molecular flexibility index (Phi) is 5.78. The van der Waals surface area contributed by atoms with Gasteiger partial charge in [0.15, 0.2) is 9.84 Å². The quantitative estimate of drug-likeness (QED) is 0.782. The van der Waals surface area contributed by atoms with E-state index in [1.54, 1.807) is 18.7 Å². The Morgan fingerprint density at radius 1 is 1.24 bits per heavy atom. The van der Waals surface area contributed by atoms with Crippen molar-refractivity contribution in [1.82, 2.24) is 10.2 Å². The second-order valence-electron chi connectivity index (χ2n) is 5.63. The number of sulfone groups is 1. The number of amides is 2. The molecule has 1 atom stereocenters.